The number of halogens is 6. The summed E-state index contributed by atoms with van der Waals surface area (Å²) >= 11 is 0. The molecule has 18 heavy (non-hydrogen) atoms. The summed E-state index contributed by atoms with van der Waals surface area (Å²) in [6.45, 7) is 0. The second-order valence-corrected chi connectivity index (χ2v) is 3.13. The fraction of sp³-hybridized carbons (Fsp3) is 0.222. The smallest absolute Gasteiger partial charge is 0.405 e. The minimum absolute atomic E-state index is 0.0830. The molecule has 0 atom stereocenters. The van der Waals surface area contributed by atoms with Gasteiger partial charge in [-0.15, -0.1) is 13.2 Å². The van der Waals surface area contributed by atoms with Crippen molar-refractivity contribution in [3.8, 4) is 5.75 Å². The average molecular weight is 273 g/mol. The molecular formula is C9H5F6NO2. The highest BCUT2D eigenvalue weighted by molar-refractivity contribution is 5.83. The van der Waals surface area contributed by atoms with Crippen molar-refractivity contribution < 1.29 is 35.9 Å². The lowest BCUT2D eigenvalue weighted by Gasteiger charge is -2.18. The number of carbonyl (C=O) groups excluding carboxylic acids is 1. The summed E-state index contributed by atoms with van der Waals surface area (Å²) in [7, 11) is 0. The molecule has 1 amide bonds. The Kier molecular flexibility index (Phi) is 3.45. The fourth-order valence-electron chi connectivity index (χ4n) is 1.10. The maximum absolute atomic E-state index is 13.2. The van der Waals surface area contributed by atoms with Crippen molar-refractivity contribution in [3.63, 3.8) is 0 Å². The van der Waals surface area contributed by atoms with Gasteiger partial charge in [0.15, 0.2) is 0 Å². The second-order valence-electron chi connectivity index (χ2n) is 3.13. The van der Waals surface area contributed by atoms with Gasteiger partial charge in [0.2, 0.25) is 0 Å². The number of alkyl halides is 5. The maximum atomic E-state index is 13.2. The molecule has 1 aromatic rings. The number of primary amides is 1. The minimum atomic E-state index is -5.31. The molecule has 0 saturated heterocycles. The first-order valence-corrected chi connectivity index (χ1v) is 4.27. The lowest BCUT2D eigenvalue weighted by atomic mass is 10.1. The van der Waals surface area contributed by atoms with Crippen LogP contribution in [0.25, 0.3) is 0 Å². The molecule has 100 valence electrons. The molecule has 0 aromatic heterocycles. The molecule has 2 N–H and O–H groups in total. The normalized spacial score (nSPS) is 12.3. The quantitative estimate of drug-likeness (QED) is 0.859. The van der Waals surface area contributed by atoms with E-state index in [2.05, 4.69) is 10.5 Å². The minimum Gasteiger partial charge on any atom is -0.405 e. The number of nitrogens with two attached hydrogens (primary N) is 1. The zero-order valence-corrected chi connectivity index (χ0v) is 8.39. The van der Waals surface area contributed by atoms with Crippen molar-refractivity contribution >= 4 is 5.91 Å². The summed E-state index contributed by atoms with van der Waals surface area (Å²) in [5.41, 5.74) is 2.89. The summed E-state index contributed by atoms with van der Waals surface area (Å²) in [5.74, 6) is -9.35. The molecule has 0 fully saturated rings. The van der Waals surface area contributed by atoms with Crippen molar-refractivity contribution in [3.05, 3.63) is 29.6 Å². The van der Waals surface area contributed by atoms with Crippen molar-refractivity contribution in [1.29, 1.82) is 0 Å². The van der Waals surface area contributed by atoms with Crippen LogP contribution in [0.15, 0.2) is 18.2 Å². The van der Waals surface area contributed by atoms with Crippen molar-refractivity contribution in [2.45, 2.75) is 12.3 Å². The molecule has 1 aromatic carbocycles. The van der Waals surface area contributed by atoms with Gasteiger partial charge in [0.25, 0.3) is 5.91 Å². The number of ether oxygens (including phenoxy) is 1. The lowest BCUT2D eigenvalue weighted by molar-refractivity contribution is -0.275. The predicted molar refractivity (Wildman–Crippen MR) is 46.2 cm³/mol. The number of hydrogen-bond acceptors (Lipinski definition) is 2. The molecule has 3 nitrogen and oxygen atoms in total. The standard InChI is InChI=1S/C9H5F6NO2/c10-4-1-2-5(8(11,12)7(16)17)6(3-4)18-9(13,14)15/h1-3H,(H2,16,17). The van der Waals surface area contributed by atoms with E-state index >= 15 is 0 Å². The number of carbonyl (C=O) groups is 1. The maximum Gasteiger partial charge on any atom is 0.573 e. The van der Waals surface area contributed by atoms with E-state index in [1.54, 1.807) is 0 Å². The van der Waals surface area contributed by atoms with Crippen molar-refractivity contribution in [2.75, 3.05) is 0 Å². The van der Waals surface area contributed by atoms with Gasteiger partial charge in [0.05, 0.1) is 5.56 Å². The zero-order valence-electron chi connectivity index (χ0n) is 8.39. The summed E-state index contributed by atoms with van der Waals surface area (Å²) in [5, 5.41) is 0. The van der Waals surface area contributed by atoms with Gasteiger partial charge in [0, 0.05) is 6.07 Å². The SMILES string of the molecule is NC(=O)C(F)(F)c1ccc(F)cc1OC(F)(F)F. The molecule has 0 saturated carbocycles. The van der Waals surface area contributed by atoms with Crippen molar-refractivity contribution in [2.24, 2.45) is 5.73 Å². The molecule has 9 heteroatoms. The Hall–Kier alpha value is -1.93. The molecule has 0 unspecified atom stereocenters. The van der Waals surface area contributed by atoms with E-state index in [1.807, 2.05) is 0 Å². The van der Waals surface area contributed by atoms with Crippen LogP contribution in [0.4, 0.5) is 26.3 Å². The van der Waals surface area contributed by atoms with Gasteiger partial charge >= 0.3 is 12.3 Å². The number of hydrogen-bond donors (Lipinski definition) is 1. The fourth-order valence-corrected chi connectivity index (χ4v) is 1.10. The van der Waals surface area contributed by atoms with E-state index in [0.29, 0.717) is 12.1 Å². The third kappa shape index (κ3) is 3.05. The van der Waals surface area contributed by atoms with Gasteiger partial charge in [-0.05, 0) is 12.1 Å². The Morgan fingerprint density at radius 2 is 1.72 bits per heavy atom. The van der Waals surface area contributed by atoms with Crippen LogP contribution in [0.1, 0.15) is 5.56 Å². The second kappa shape index (κ2) is 4.39. The van der Waals surface area contributed by atoms with E-state index in [4.69, 9.17) is 0 Å². The molecule has 0 radical (unpaired) electrons. The molecule has 0 spiro atoms. The van der Waals surface area contributed by atoms with Crippen LogP contribution >= 0.6 is 0 Å². The van der Waals surface area contributed by atoms with E-state index in [0.717, 1.165) is 0 Å². The van der Waals surface area contributed by atoms with Crippen LogP contribution in [0, 0.1) is 5.82 Å². The molecule has 0 bridgehead atoms. The third-order valence-corrected chi connectivity index (χ3v) is 1.82. The first-order valence-electron chi connectivity index (χ1n) is 4.27. The van der Waals surface area contributed by atoms with Gasteiger partial charge in [0.1, 0.15) is 11.6 Å². The Labute approximate surface area is 96.1 Å². The lowest BCUT2D eigenvalue weighted by Crippen LogP contribution is -2.34. The molecule has 0 aliphatic rings. The topological polar surface area (TPSA) is 52.3 Å². The molecular weight excluding hydrogens is 268 g/mol. The monoisotopic (exact) mass is 273 g/mol. The Balaban J connectivity index is 3.32. The zero-order chi connectivity index (χ0) is 14.1. The summed E-state index contributed by atoms with van der Waals surface area (Å²) in [4.78, 5) is 10.5. The Bertz CT molecular complexity index is 471. The van der Waals surface area contributed by atoms with Gasteiger partial charge in [-0.25, -0.2) is 4.39 Å². The highest BCUT2D eigenvalue weighted by Crippen LogP contribution is 2.37. The van der Waals surface area contributed by atoms with E-state index in [1.165, 1.54) is 0 Å². The van der Waals surface area contributed by atoms with Crippen molar-refractivity contribution in [1.82, 2.24) is 0 Å². The third-order valence-electron chi connectivity index (χ3n) is 1.82. The molecule has 0 aliphatic heterocycles. The van der Waals surface area contributed by atoms with Gasteiger partial charge in [-0.2, -0.15) is 8.78 Å². The van der Waals surface area contributed by atoms with Crippen LogP contribution < -0.4 is 10.5 Å². The first kappa shape index (κ1) is 14.1. The molecule has 0 aliphatic carbocycles. The summed E-state index contributed by atoms with van der Waals surface area (Å²) in [6, 6.07) is 0.830. The van der Waals surface area contributed by atoms with Gasteiger partial charge < -0.3 is 10.5 Å². The summed E-state index contributed by atoms with van der Waals surface area (Å²) < 4.78 is 78.1. The highest BCUT2D eigenvalue weighted by Gasteiger charge is 2.44. The Morgan fingerprint density at radius 1 is 1.17 bits per heavy atom. The van der Waals surface area contributed by atoms with Gasteiger partial charge in [-0.3, -0.25) is 4.79 Å². The molecule has 0 heterocycles. The van der Waals surface area contributed by atoms with Crippen LogP contribution in [0.2, 0.25) is 0 Å². The largest absolute Gasteiger partial charge is 0.573 e. The number of amides is 1. The van der Waals surface area contributed by atoms with Crippen LogP contribution in [0.5, 0.6) is 5.75 Å². The van der Waals surface area contributed by atoms with E-state index in [9.17, 15) is 31.1 Å². The number of rotatable bonds is 3. The van der Waals surface area contributed by atoms with Crippen LogP contribution in [0.3, 0.4) is 0 Å². The van der Waals surface area contributed by atoms with Crippen LogP contribution in [-0.4, -0.2) is 12.3 Å². The summed E-state index contributed by atoms with van der Waals surface area (Å²) in [6.07, 6.45) is -5.31. The first-order chi connectivity index (χ1) is 8.04. The highest BCUT2D eigenvalue weighted by atomic mass is 19.4. The van der Waals surface area contributed by atoms with Crippen LogP contribution in [-0.2, 0) is 10.7 Å². The number of benzene rings is 1. The Morgan fingerprint density at radius 3 is 2.17 bits per heavy atom. The molecule has 1 rings (SSSR count). The van der Waals surface area contributed by atoms with E-state index in [-0.39, 0.29) is 6.07 Å². The van der Waals surface area contributed by atoms with E-state index < -0.39 is 35.3 Å². The van der Waals surface area contributed by atoms with Gasteiger partial charge in [-0.1, -0.05) is 0 Å². The average Bonchev–Trinajstić information content (AvgIpc) is 2.13. The predicted octanol–water partition coefficient (Wildman–Crippen LogP) is 2.30.